The maximum Gasteiger partial charge on any atom is 1.00 e. The summed E-state index contributed by atoms with van der Waals surface area (Å²) in [6, 6.07) is 0. The van der Waals surface area contributed by atoms with E-state index in [0.29, 0.717) is 6.42 Å². The summed E-state index contributed by atoms with van der Waals surface area (Å²) in [5.74, 6) is -1.40. The second kappa shape index (κ2) is 21.0. The molecule has 0 amide bonds. The Bertz CT molecular complexity index is 1030. The van der Waals surface area contributed by atoms with Gasteiger partial charge in [-0.25, -0.2) is 8.42 Å². The first-order valence-electron chi connectivity index (χ1n) is 14.2. The standard InChI is InChI=1S/C30H53O10PS.K/c1-23(2)15-13-17-25(4)19-14-18-24(3)16-11-12-20-26(42(34,35)36)41(33,39-21-37-27(31)29(5,6)7)40-22-38-28(32)30(8,9)10;/h15-16,19,26H,11-14,17-18,20-22H2,1-10H3,(H,34,35,36);/q;+1/p-1/b24-16+,25-19+;. The molecule has 0 aromatic carbocycles. The molecule has 0 spiro atoms. The molecule has 43 heavy (non-hydrogen) atoms. The van der Waals surface area contributed by atoms with E-state index in [4.69, 9.17) is 18.5 Å². The zero-order valence-corrected chi connectivity index (χ0v) is 32.9. The number of rotatable bonds is 18. The van der Waals surface area contributed by atoms with Crippen molar-refractivity contribution < 1.29 is 97.4 Å². The van der Waals surface area contributed by atoms with Crippen LogP contribution in [0.15, 0.2) is 34.9 Å². The Hall–Kier alpha value is 0.0164. The van der Waals surface area contributed by atoms with Crippen molar-refractivity contribution in [2.45, 2.75) is 119 Å². The van der Waals surface area contributed by atoms with Gasteiger partial charge in [-0.2, -0.15) is 9.05 Å². The second-order valence-corrected chi connectivity index (χ2v) is 16.9. The van der Waals surface area contributed by atoms with E-state index in [-0.39, 0.29) is 64.2 Å². The van der Waals surface area contributed by atoms with Gasteiger partial charge in [0.05, 0.1) is 10.8 Å². The van der Waals surface area contributed by atoms with Crippen molar-refractivity contribution in [3.05, 3.63) is 34.9 Å². The summed E-state index contributed by atoms with van der Waals surface area (Å²) in [7, 11) is -9.96. The third-order valence-electron chi connectivity index (χ3n) is 6.03. The van der Waals surface area contributed by atoms with Crippen LogP contribution in [-0.4, -0.2) is 43.5 Å². The Morgan fingerprint density at radius 3 is 1.53 bits per heavy atom. The van der Waals surface area contributed by atoms with Gasteiger partial charge >= 0.3 is 63.3 Å². The predicted molar refractivity (Wildman–Crippen MR) is 163 cm³/mol. The number of ether oxygens (including phenoxy) is 2. The van der Waals surface area contributed by atoms with E-state index in [1.165, 1.54) is 11.1 Å². The van der Waals surface area contributed by atoms with E-state index >= 15 is 0 Å². The molecular weight excluding hydrogens is 622 g/mol. The zero-order chi connectivity index (χ0) is 32.8. The number of carbonyl (C=O) groups is 2. The quantitative estimate of drug-likeness (QED) is 0.0400. The van der Waals surface area contributed by atoms with E-state index < -0.39 is 59.4 Å². The van der Waals surface area contributed by atoms with E-state index in [9.17, 15) is 27.5 Å². The molecule has 0 radical (unpaired) electrons. The topological polar surface area (TPSA) is 151 Å². The molecule has 0 fully saturated rings. The minimum absolute atomic E-state index is 0. The molecule has 1 unspecified atom stereocenters. The van der Waals surface area contributed by atoms with Gasteiger partial charge in [0.2, 0.25) is 18.6 Å². The van der Waals surface area contributed by atoms with Gasteiger partial charge in [0.25, 0.3) is 7.94 Å². The number of hydrogen-bond donors (Lipinski definition) is 0. The molecule has 0 aliphatic heterocycles. The third-order valence-corrected chi connectivity index (χ3v) is 10.4. The Labute approximate surface area is 303 Å². The third kappa shape index (κ3) is 20.7. The first-order chi connectivity index (χ1) is 19.1. The molecule has 0 aromatic heterocycles. The Morgan fingerprint density at radius 1 is 0.767 bits per heavy atom. The van der Waals surface area contributed by atoms with Gasteiger partial charge in [0, 0.05) is 6.42 Å². The Balaban J connectivity index is 0. The van der Waals surface area contributed by atoms with Crippen molar-refractivity contribution in [1.29, 1.82) is 0 Å². The van der Waals surface area contributed by atoms with Crippen LogP contribution in [0, 0.1) is 10.8 Å². The van der Waals surface area contributed by atoms with Crippen LogP contribution in [0.2, 0.25) is 0 Å². The van der Waals surface area contributed by atoms with Crippen molar-refractivity contribution in [3.8, 4) is 0 Å². The number of allylic oxidation sites excluding steroid dienone is 6. The van der Waals surface area contributed by atoms with Crippen molar-refractivity contribution in [2.75, 3.05) is 13.6 Å². The fraction of sp³-hybridized carbons (Fsp3) is 0.733. The molecule has 0 aliphatic rings. The van der Waals surface area contributed by atoms with Crippen LogP contribution in [0.25, 0.3) is 0 Å². The first kappa shape index (κ1) is 45.1. The SMILES string of the molecule is CC(C)=CCC/C(C)=C/CC/C(C)=C/CCCC([P+]([O-])(OCOC(=O)C(C)(C)C)OCOC(=O)C(C)(C)C)S(=O)(=O)[O-].[K+]. The maximum absolute atomic E-state index is 13.6. The van der Waals surface area contributed by atoms with Crippen molar-refractivity contribution in [3.63, 3.8) is 0 Å². The van der Waals surface area contributed by atoms with E-state index in [1.807, 2.05) is 13.0 Å². The second-order valence-electron chi connectivity index (χ2n) is 12.7. The fourth-order valence-electron chi connectivity index (χ4n) is 3.38. The predicted octanol–water partition coefficient (Wildman–Crippen LogP) is 3.70. The van der Waals surface area contributed by atoms with Gasteiger partial charge in [-0.3, -0.25) is 9.59 Å². The summed E-state index contributed by atoms with van der Waals surface area (Å²) < 4.78 is 56.8. The number of esters is 2. The molecular formula is C30H52KO10PS. The average Bonchev–Trinajstić information content (AvgIpc) is 2.81. The minimum Gasteiger partial charge on any atom is -0.745 e. The van der Waals surface area contributed by atoms with Crippen LogP contribution < -0.4 is 56.3 Å². The molecule has 0 heterocycles. The molecule has 0 bridgehead atoms. The largest absolute Gasteiger partial charge is 1.00 e. The van der Waals surface area contributed by atoms with Gasteiger partial charge < -0.3 is 18.9 Å². The molecule has 0 rings (SSSR count). The molecule has 0 saturated heterocycles. The van der Waals surface area contributed by atoms with E-state index in [1.54, 1.807) is 41.5 Å². The van der Waals surface area contributed by atoms with Crippen LogP contribution in [0.4, 0.5) is 0 Å². The van der Waals surface area contributed by atoms with Crippen molar-refractivity contribution in [1.82, 2.24) is 0 Å². The van der Waals surface area contributed by atoms with Crippen LogP contribution >= 0.6 is 7.94 Å². The fourth-order valence-corrected chi connectivity index (χ4v) is 6.77. The summed E-state index contributed by atoms with van der Waals surface area (Å²) in [6.45, 7) is 15.9. The molecule has 13 heteroatoms. The summed E-state index contributed by atoms with van der Waals surface area (Å²) in [6.07, 6.45) is 10.4. The minimum atomic E-state index is -5.19. The summed E-state index contributed by atoms with van der Waals surface area (Å²) in [4.78, 5) is 35.7. The van der Waals surface area contributed by atoms with Crippen LogP contribution in [0.3, 0.4) is 0 Å². The molecule has 1 atom stereocenters. The number of unbranched alkanes of at least 4 members (excludes halogenated alkanes) is 1. The Morgan fingerprint density at radius 2 is 1.16 bits per heavy atom. The molecule has 10 nitrogen and oxygen atoms in total. The zero-order valence-electron chi connectivity index (χ0n) is 28.1. The molecule has 0 saturated carbocycles. The number of hydrogen-bond acceptors (Lipinski definition) is 10. The smallest absolute Gasteiger partial charge is 0.745 e. The van der Waals surface area contributed by atoms with Gasteiger partial charge in [0.15, 0.2) is 0 Å². The van der Waals surface area contributed by atoms with Gasteiger partial charge in [-0.15, -0.1) is 0 Å². The Kier molecular flexibility index (Phi) is 22.0. The van der Waals surface area contributed by atoms with Crippen molar-refractivity contribution >= 4 is 30.0 Å². The summed E-state index contributed by atoms with van der Waals surface area (Å²) >= 11 is 0. The summed E-state index contributed by atoms with van der Waals surface area (Å²) in [5.41, 5.74) is 1.90. The van der Waals surface area contributed by atoms with E-state index in [2.05, 4.69) is 32.9 Å². The molecule has 0 N–H and O–H groups in total. The average molecular weight is 675 g/mol. The van der Waals surface area contributed by atoms with Crippen LogP contribution in [0.1, 0.15) is 114 Å². The van der Waals surface area contributed by atoms with E-state index in [0.717, 1.165) is 31.3 Å². The number of carbonyl (C=O) groups excluding carboxylic acids is 2. The van der Waals surface area contributed by atoms with Crippen molar-refractivity contribution in [2.24, 2.45) is 10.8 Å². The van der Waals surface area contributed by atoms with Gasteiger partial charge in [-0.05, 0) is 108 Å². The van der Waals surface area contributed by atoms with Gasteiger partial charge in [-0.1, -0.05) is 34.9 Å². The first-order valence-corrected chi connectivity index (χ1v) is 17.3. The molecule has 244 valence electrons. The van der Waals surface area contributed by atoms with Gasteiger partial charge in [0.1, 0.15) is 10.1 Å². The van der Waals surface area contributed by atoms with Crippen LogP contribution in [0.5, 0.6) is 0 Å². The molecule has 0 aliphatic carbocycles. The maximum atomic E-state index is 13.6. The summed E-state index contributed by atoms with van der Waals surface area (Å²) in [5, 5.41) is 0. The molecule has 0 aromatic rings. The monoisotopic (exact) mass is 674 g/mol. The van der Waals surface area contributed by atoms with Crippen LogP contribution in [-0.2, 0) is 38.2 Å². The normalized spacial score (nSPS) is 14.0.